The fraction of sp³-hybridized carbons (Fsp3) is 0.0667. The van der Waals surface area contributed by atoms with E-state index < -0.39 is 0 Å². The Kier molecular flexibility index (Phi) is 6.29. The number of imide groups is 1. The van der Waals surface area contributed by atoms with Gasteiger partial charge in [-0.1, -0.05) is 83.9 Å². The summed E-state index contributed by atoms with van der Waals surface area (Å²) in [4.78, 5) is 27.5. The van der Waals surface area contributed by atoms with Crippen molar-refractivity contribution >= 4 is 73.9 Å². The van der Waals surface area contributed by atoms with Gasteiger partial charge in [-0.25, -0.2) is 0 Å². The van der Waals surface area contributed by atoms with Crippen LogP contribution in [0.3, 0.4) is 0 Å². The van der Waals surface area contributed by atoms with Crippen LogP contribution >= 0.6 is 35.0 Å². The lowest BCUT2D eigenvalue weighted by Gasteiger charge is -2.12. The van der Waals surface area contributed by atoms with Gasteiger partial charge in [0, 0.05) is 29.2 Å². The number of carbonyl (C=O) groups is 2. The van der Waals surface area contributed by atoms with Crippen LogP contribution in [0.5, 0.6) is 0 Å². The molecule has 1 aromatic heterocycles. The van der Waals surface area contributed by atoms with Crippen molar-refractivity contribution in [2.75, 3.05) is 0 Å². The van der Waals surface area contributed by atoms with E-state index in [0.717, 1.165) is 33.8 Å². The SMILES string of the molecule is O=C1S/C(=C\c2cn(Cc3ccc4ccccc4c3)c3ccccc23)C(=O)N1Cc1ccc(Cl)c(Cl)c1. The minimum Gasteiger partial charge on any atom is -0.342 e. The molecule has 1 fully saturated rings. The maximum absolute atomic E-state index is 13.2. The van der Waals surface area contributed by atoms with Gasteiger partial charge >= 0.3 is 0 Å². The first-order valence-corrected chi connectivity index (χ1v) is 13.3. The molecule has 2 amide bonds. The summed E-state index contributed by atoms with van der Waals surface area (Å²) < 4.78 is 2.19. The van der Waals surface area contributed by atoms with Crippen LogP contribution in [-0.2, 0) is 17.9 Å². The number of hydrogen-bond donors (Lipinski definition) is 0. The average Bonchev–Trinajstić information content (AvgIpc) is 3.38. The Hall–Kier alpha value is -3.51. The number of carbonyl (C=O) groups excluding carboxylic acids is 2. The highest BCUT2D eigenvalue weighted by molar-refractivity contribution is 8.18. The zero-order chi connectivity index (χ0) is 25.5. The number of thioether (sulfide) groups is 1. The van der Waals surface area contributed by atoms with E-state index in [2.05, 4.69) is 41.0 Å². The summed E-state index contributed by atoms with van der Waals surface area (Å²) in [5.41, 5.74) is 3.89. The Labute approximate surface area is 228 Å². The molecule has 4 aromatic carbocycles. The quantitative estimate of drug-likeness (QED) is 0.209. The van der Waals surface area contributed by atoms with Crippen LogP contribution in [0.4, 0.5) is 4.79 Å². The highest BCUT2D eigenvalue weighted by atomic mass is 35.5. The Balaban J connectivity index is 1.31. The number of fused-ring (bicyclic) bond motifs is 2. The second-order valence-electron chi connectivity index (χ2n) is 8.93. The maximum atomic E-state index is 13.2. The molecule has 0 bridgehead atoms. The van der Waals surface area contributed by atoms with E-state index in [0.29, 0.717) is 21.5 Å². The second-order valence-corrected chi connectivity index (χ2v) is 10.7. The summed E-state index contributed by atoms with van der Waals surface area (Å²) in [5.74, 6) is -0.313. The number of rotatable bonds is 5. The standard InChI is InChI=1S/C30H20Cl2N2O2S/c31-25-12-10-20(14-26(25)32)17-34-29(35)28(37-30(34)36)15-23-18-33(27-8-4-3-7-24(23)27)16-19-9-11-21-5-1-2-6-22(21)13-19/h1-15,18H,16-17H2/b28-15-. The molecular formula is C30H20Cl2N2O2S. The Morgan fingerprint density at radius 2 is 1.49 bits per heavy atom. The first-order chi connectivity index (χ1) is 18.0. The average molecular weight is 543 g/mol. The van der Waals surface area contributed by atoms with Gasteiger partial charge in [0.1, 0.15) is 0 Å². The van der Waals surface area contributed by atoms with Gasteiger partial charge < -0.3 is 4.57 Å². The summed E-state index contributed by atoms with van der Waals surface area (Å²) in [6, 6.07) is 28.0. The molecule has 182 valence electrons. The zero-order valence-electron chi connectivity index (χ0n) is 19.5. The molecular weight excluding hydrogens is 523 g/mol. The van der Waals surface area contributed by atoms with E-state index in [1.54, 1.807) is 18.2 Å². The van der Waals surface area contributed by atoms with E-state index in [1.165, 1.54) is 21.2 Å². The van der Waals surface area contributed by atoms with Crippen LogP contribution in [0.2, 0.25) is 10.0 Å². The minimum absolute atomic E-state index is 0.141. The molecule has 5 aromatic rings. The highest BCUT2D eigenvalue weighted by Crippen LogP contribution is 2.36. The van der Waals surface area contributed by atoms with E-state index in [4.69, 9.17) is 23.2 Å². The fourth-order valence-corrected chi connectivity index (χ4v) is 5.80. The molecule has 0 unspecified atom stereocenters. The Morgan fingerprint density at radius 3 is 2.32 bits per heavy atom. The van der Waals surface area contributed by atoms with E-state index in [-0.39, 0.29) is 17.7 Å². The Morgan fingerprint density at radius 1 is 0.757 bits per heavy atom. The second kappa shape index (κ2) is 9.75. The summed E-state index contributed by atoms with van der Waals surface area (Å²) in [7, 11) is 0. The lowest BCUT2D eigenvalue weighted by Crippen LogP contribution is -2.27. The van der Waals surface area contributed by atoms with Crippen molar-refractivity contribution in [3.8, 4) is 0 Å². The van der Waals surface area contributed by atoms with Gasteiger partial charge in [0.2, 0.25) is 0 Å². The Bertz CT molecular complexity index is 1740. The predicted molar refractivity (Wildman–Crippen MR) is 153 cm³/mol. The number of amides is 2. The topological polar surface area (TPSA) is 42.3 Å². The molecule has 0 aliphatic carbocycles. The molecule has 1 aliphatic heterocycles. The largest absolute Gasteiger partial charge is 0.342 e. The van der Waals surface area contributed by atoms with Gasteiger partial charge in [0.05, 0.1) is 21.5 Å². The molecule has 2 heterocycles. The van der Waals surface area contributed by atoms with Crippen LogP contribution in [-0.4, -0.2) is 20.6 Å². The summed E-state index contributed by atoms with van der Waals surface area (Å²) in [6.07, 6.45) is 3.87. The lowest BCUT2D eigenvalue weighted by molar-refractivity contribution is -0.123. The molecule has 0 radical (unpaired) electrons. The fourth-order valence-electron chi connectivity index (χ4n) is 4.65. The lowest BCUT2D eigenvalue weighted by atomic mass is 10.1. The van der Waals surface area contributed by atoms with Crippen LogP contribution < -0.4 is 0 Å². The summed E-state index contributed by atoms with van der Waals surface area (Å²) in [5, 5.41) is 3.95. The molecule has 6 rings (SSSR count). The van der Waals surface area contributed by atoms with Crippen LogP contribution in [0, 0.1) is 0 Å². The van der Waals surface area contributed by atoms with Gasteiger partial charge in [-0.3, -0.25) is 14.5 Å². The number of benzene rings is 4. The molecule has 1 saturated heterocycles. The van der Waals surface area contributed by atoms with Gasteiger partial charge in [-0.15, -0.1) is 0 Å². The van der Waals surface area contributed by atoms with Gasteiger partial charge in [-0.2, -0.15) is 0 Å². The van der Waals surface area contributed by atoms with E-state index in [1.807, 2.05) is 42.6 Å². The summed E-state index contributed by atoms with van der Waals surface area (Å²) >= 11 is 13.1. The van der Waals surface area contributed by atoms with Crippen molar-refractivity contribution in [2.45, 2.75) is 13.1 Å². The van der Waals surface area contributed by atoms with Crippen LogP contribution in [0.1, 0.15) is 16.7 Å². The first-order valence-electron chi connectivity index (χ1n) is 11.7. The van der Waals surface area contributed by atoms with E-state index >= 15 is 0 Å². The number of aromatic nitrogens is 1. The van der Waals surface area contributed by atoms with Crippen LogP contribution in [0.25, 0.3) is 27.8 Å². The molecule has 7 heteroatoms. The monoisotopic (exact) mass is 542 g/mol. The first kappa shape index (κ1) is 23.9. The number of para-hydroxylation sites is 1. The molecule has 0 N–H and O–H groups in total. The van der Waals surface area contributed by atoms with Crippen molar-refractivity contribution in [3.63, 3.8) is 0 Å². The number of nitrogens with zero attached hydrogens (tertiary/aromatic N) is 2. The third kappa shape index (κ3) is 4.66. The smallest absolute Gasteiger partial charge is 0.293 e. The molecule has 4 nitrogen and oxygen atoms in total. The molecule has 0 atom stereocenters. The zero-order valence-corrected chi connectivity index (χ0v) is 21.9. The third-order valence-electron chi connectivity index (χ3n) is 6.47. The van der Waals surface area contributed by atoms with Gasteiger partial charge in [0.15, 0.2) is 0 Å². The van der Waals surface area contributed by atoms with Crippen molar-refractivity contribution in [1.82, 2.24) is 9.47 Å². The van der Waals surface area contributed by atoms with Crippen molar-refractivity contribution < 1.29 is 9.59 Å². The number of hydrogen-bond acceptors (Lipinski definition) is 3. The predicted octanol–water partition coefficient (Wildman–Crippen LogP) is 8.39. The van der Waals surface area contributed by atoms with Crippen molar-refractivity contribution in [3.05, 3.63) is 123 Å². The molecule has 37 heavy (non-hydrogen) atoms. The third-order valence-corrected chi connectivity index (χ3v) is 8.12. The van der Waals surface area contributed by atoms with Crippen LogP contribution in [0.15, 0.2) is 96.0 Å². The normalized spacial score (nSPS) is 15.0. The number of halogens is 2. The highest BCUT2D eigenvalue weighted by Gasteiger charge is 2.35. The van der Waals surface area contributed by atoms with E-state index in [9.17, 15) is 9.59 Å². The molecule has 0 saturated carbocycles. The summed E-state index contributed by atoms with van der Waals surface area (Å²) in [6.45, 7) is 0.834. The van der Waals surface area contributed by atoms with Crippen molar-refractivity contribution in [2.24, 2.45) is 0 Å². The van der Waals surface area contributed by atoms with Crippen molar-refractivity contribution in [1.29, 1.82) is 0 Å². The maximum Gasteiger partial charge on any atom is 0.293 e. The molecule has 0 spiro atoms. The molecule has 1 aliphatic rings. The minimum atomic E-state index is -0.313. The van der Waals surface area contributed by atoms with Gasteiger partial charge in [0.25, 0.3) is 11.1 Å². The van der Waals surface area contributed by atoms with Gasteiger partial charge in [-0.05, 0) is 64.0 Å².